The zero-order chi connectivity index (χ0) is 13.4. The van der Waals surface area contributed by atoms with E-state index in [2.05, 4.69) is 5.32 Å². The highest BCUT2D eigenvalue weighted by Crippen LogP contribution is 2.44. The van der Waals surface area contributed by atoms with Crippen molar-refractivity contribution in [3.05, 3.63) is 34.6 Å². The lowest BCUT2D eigenvalue weighted by Crippen LogP contribution is -2.39. The quantitative estimate of drug-likeness (QED) is 0.905. The Kier molecular flexibility index (Phi) is 3.48. The van der Waals surface area contributed by atoms with Gasteiger partial charge in [0, 0.05) is 11.1 Å². The van der Waals surface area contributed by atoms with Crippen LogP contribution in [0.15, 0.2) is 18.2 Å². The van der Waals surface area contributed by atoms with E-state index in [4.69, 9.17) is 11.6 Å². The van der Waals surface area contributed by atoms with Gasteiger partial charge in [0.1, 0.15) is 5.82 Å². The van der Waals surface area contributed by atoms with Crippen molar-refractivity contribution in [1.29, 1.82) is 0 Å². The van der Waals surface area contributed by atoms with Gasteiger partial charge < -0.3 is 5.32 Å². The summed E-state index contributed by atoms with van der Waals surface area (Å²) in [4.78, 5) is 12.0. The molecule has 102 valence electrons. The van der Waals surface area contributed by atoms with Crippen LogP contribution in [0.2, 0.25) is 5.02 Å². The number of carbonyl (C=O) groups excluding carboxylic acids is 1. The van der Waals surface area contributed by atoms with Crippen LogP contribution in [0.1, 0.15) is 31.2 Å². The molecule has 1 aromatic carbocycles. The van der Waals surface area contributed by atoms with Crippen molar-refractivity contribution in [2.45, 2.75) is 38.1 Å². The summed E-state index contributed by atoms with van der Waals surface area (Å²) >= 11 is 5.69. The second kappa shape index (κ2) is 5.12. The summed E-state index contributed by atoms with van der Waals surface area (Å²) in [6.07, 6.45) is 4.98. The zero-order valence-corrected chi connectivity index (χ0v) is 11.4. The number of amides is 1. The molecule has 0 spiro atoms. The predicted molar refractivity (Wildman–Crippen MR) is 72.5 cm³/mol. The lowest BCUT2D eigenvalue weighted by molar-refractivity contribution is -0.121. The lowest BCUT2D eigenvalue weighted by atomic mass is 9.95. The van der Waals surface area contributed by atoms with E-state index in [-0.39, 0.29) is 12.3 Å². The fraction of sp³-hybridized carbons (Fsp3) is 0.533. The Labute approximate surface area is 117 Å². The minimum Gasteiger partial charge on any atom is -0.353 e. The molecule has 0 aliphatic heterocycles. The third kappa shape index (κ3) is 2.76. The molecule has 0 saturated heterocycles. The molecule has 2 aliphatic carbocycles. The monoisotopic (exact) mass is 281 g/mol. The highest BCUT2D eigenvalue weighted by atomic mass is 35.5. The molecular formula is C15H17ClFNO. The fourth-order valence-electron chi connectivity index (χ4n) is 3.52. The molecule has 19 heavy (non-hydrogen) atoms. The molecule has 2 fully saturated rings. The maximum absolute atomic E-state index is 13.6. The van der Waals surface area contributed by atoms with E-state index >= 15 is 0 Å². The zero-order valence-electron chi connectivity index (χ0n) is 10.7. The van der Waals surface area contributed by atoms with E-state index in [0.29, 0.717) is 22.5 Å². The summed E-state index contributed by atoms with van der Waals surface area (Å²) in [5.41, 5.74) is 0.407. The van der Waals surface area contributed by atoms with Gasteiger partial charge in [-0.05, 0) is 48.8 Å². The summed E-state index contributed by atoms with van der Waals surface area (Å²) in [6, 6.07) is 4.76. The van der Waals surface area contributed by atoms with Crippen molar-refractivity contribution in [3.63, 3.8) is 0 Å². The Hall–Kier alpha value is -1.09. The van der Waals surface area contributed by atoms with Gasteiger partial charge in [-0.3, -0.25) is 4.79 Å². The molecular weight excluding hydrogens is 265 g/mol. The molecule has 2 aliphatic rings. The van der Waals surface area contributed by atoms with Crippen molar-refractivity contribution >= 4 is 17.5 Å². The number of halogens is 2. The van der Waals surface area contributed by atoms with E-state index in [9.17, 15) is 9.18 Å². The molecule has 1 N–H and O–H groups in total. The lowest BCUT2D eigenvalue weighted by Gasteiger charge is -2.22. The van der Waals surface area contributed by atoms with Crippen LogP contribution >= 0.6 is 11.6 Å². The van der Waals surface area contributed by atoms with Crippen LogP contribution in [-0.4, -0.2) is 11.9 Å². The molecule has 2 nitrogen and oxygen atoms in total. The molecule has 1 aromatic rings. The molecule has 2 bridgehead atoms. The average Bonchev–Trinajstić information content (AvgIpc) is 2.95. The molecule has 4 heteroatoms. The Morgan fingerprint density at radius 2 is 2.21 bits per heavy atom. The molecule has 3 rings (SSSR count). The predicted octanol–water partition coefficient (Wildman–Crippen LogP) is 3.33. The number of hydrogen-bond acceptors (Lipinski definition) is 1. The molecule has 0 aromatic heterocycles. The number of nitrogens with one attached hydrogen (secondary N) is 1. The van der Waals surface area contributed by atoms with E-state index in [1.54, 1.807) is 12.1 Å². The number of hydrogen-bond donors (Lipinski definition) is 1. The Morgan fingerprint density at radius 1 is 1.37 bits per heavy atom. The first-order valence-corrected chi connectivity index (χ1v) is 7.23. The van der Waals surface area contributed by atoms with Gasteiger partial charge >= 0.3 is 0 Å². The van der Waals surface area contributed by atoms with E-state index < -0.39 is 5.82 Å². The summed E-state index contributed by atoms with van der Waals surface area (Å²) in [5, 5.41) is 3.42. The Morgan fingerprint density at radius 3 is 2.84 bits per heavy atom. The van der Waals surface area contributed by atoms with Crippen molar-refractivity contribution in [3.8, 4) is 0 Å². The van der Waals surface area contributed by atoms with Gasteiger partial charge in [-0.2, -0.15) is 0 Å². The van der Waals surface area contributed by atoms with Crippen LogP contribution in [0, 0.1) is 17.7 Å². The van der Waals surface area contributed by atoms with Crippen LogP contribution < -0.4 is 5.32 Å². The van der Waals surface area contributed by atoms with E-state index in [0.717, 1.165) is 12.3 Å². The van der Waals surface area contributed by atoms with Crippen LogP contribution in [0.25, 0.3) is 0 Å². The smallest absolute Gasteiger partial charge is 0.224 e. The largest absolute Gasteiger partial charge is 0.353 e. The first-order valence-electron chi connectivity index (χ1n) is 6.85. The molecule has 1 amide bonds. The fourth-order valence-corrected chi connectivity index (χ4v) is 3.68. The van der Waals surface area contributed by atoms with Crippen molar-refractivity contribution < 1.29 is 9.18 Å². The van der Waals surface area contributed by atoms with E-state index in [1.165, 1.54) is 25.3 Å². The molecule has 0 radical (unpaired) electrons. The second-order valence-corrected chi connectivity index (χ2v) is 6.20. The molecule has 0 unspecified atom stereocenters. The number of rotatable bonds is 3. The van der Waals surface area contributed by atoms with Crippen LogP contribution in [0.4, 0.5) is 4.39 Å². The Balaban J connectivity index is 1.59. The van der Waals surface area contributed by atoms with Crippen LogP contribution in [0.5, 0.6) is 0 Å². The minimum absolute atomic E-state index is 0.0845. The third-order valence-corrected chi connectivity index (χ3v) is 4.69. The van der Waals surface area contributed by atoms with Crippen molar-refractivity contribution in [2.75, 3.05) is 0 Å². The average molecular weight is 282 g/mol. The van der Waals surface area contributed by atoms with Crippen LogP contribution in [0.3, 0.4) is 0 Å². The Bertz CT molecular complexity index is 505. The normalized spacial score (nSPS) is 28.6. The first kappa shape index (κ1) is 12.9. The second-order valence-electron chi connectivity index (χ2n) is 5.76. The summed E-state index contributed by atoms with van der Waals surface area (Å²) in [5.74, 6) is 0.945. The first-order chi connectivity index (χ1) is 9.11. The summed E-state index contributed by atoms with van der Waals surface area (Å²) in [7, 11) is 0. The standard InChI is InChI=1S/C15H17ClFNO/c16-12-4-3-10(13(17)8-12)7-15(19)18-14-6-9-1-2-11(14)5-9/h3-4,8-9,11,14H,1-2,5-7H2,(H,18,19)/t9-,11+,14+/m0/s1. The van der Waals surface area contributed by atoms with Gasteiger partial charge in [0.15, 0.2) is 0 Å². The SMILES string of the molecule is O=C(Cc1ccc(Cl)cc1F)N[C@@H]1C[C@H]2CC[C@@H]1C2. The van der Waals surface area contributed by atoms with Gasteiger partial charge in [-0.15, -0.1) is 0 Å². The highest BCUT2D eigenvalue weighted by Gasteiger charge is 2.39. The summed E-state index contributed by atoms with van der Waals surface area (Å²) < 4.78 is 13.6. The topological polar surface area (TPSA) is 29.1 Å². The molecule has 3 atom stereocenters. The number of fused-ring (bicyclic) bond motifs is 2. The number of carbonyl (C=O) groups is 1. The third-order valence-electron chi connectivity index (χ3n) is 4.45. The van der Waals surface area contributed by atoms with Crippen LogP contribution in [-0.2, 0) is 11.2 Å². The van der Waals surface area contributed by atoms with Crippen molar-refractivity contribution in [1.82, 2.24) is 5.32 Å². The van der Waals surface area contributed by atoms with Gasteiger partial charge in [-0.1, -0.05) is 24.1 Å². The highest BCUT2D eigenvalue weighted by molar-refractivity contribution is 6.30. The van der Waals surface area contributed by atoms with Gasteiger partial charge in [0.05, 0.1) is 6.42 Å². The number of benzene rings is 1. The minimum atomic E-state index is -0.407. The van der Waals surface area contributed by atoms with Gasteiger partial charge in [-0.25, -0.2) is 4.39 Å². The van der Waals surface area contributed by atoms with E-state index in [1.807, 2.05) is 0 Å². The van der Waals surface area contributed by atoms with Gasteiger partial charge in [0.25, 0.3) is 0 Å². The maximum atomic E-state index is 13.6. The van der Waals surface area contributed by atoms with Gasteiger partial charge in [0.2, 0.25) is 5.91 Å². The molecule has 2 saturated carbocycles. The maximum Gasteiger partial charge on any atom is 0.224 e. The summed E-state index contributed by atoms with van der Waals surface area (Å²) in [6.45, 7) is 0. The van der Waals surface area contributed by atoms with Crippen molar-refractivity contribution in [2.24, 2.45) is 11.8 Å². The molecule has 0 heterocycles.